The summed E-state index contributed by atoms with van der Waals surface area (Å²) in [5.41, 5.74) is 5.23. The molecule has 1 atom stereocenters. The quantitative estimate of drug-likeness (QED) is 0.600. The third-order valence-corrected chi connectivity index (χ3v) is 5.31. The van der Waals surface area contributed by atoms with Crippen LogP contribution < -0.4 is 0 Å². The summed E-state index contributed by atoms with van der Waals surface area (Å²) >= 11 is 0. The number of pyridine rings is 1. The van der Waals surface area contributed by atoms with Crippen LogP contribution in [0.2, 0.25) is 0 Å². The number of aryl methyl sites for hydroxylation is 1. The molecule has 3 aromatic heterocycles. The summed E-state index contributed by atoms with van der Waals surface area (Å²) in [7, 11) is 0. The molecule has 0 saturated heterocycles. The lowest BCUT2D eigenvalue weighted by molar-refractivity contribution is -0.134. The molecular weight excluding hydrogens is 352 g/mol. The van der Waals surface area contributed by atoms with Gasteiger partial charge in [-0.25, -0.2) is 9.67 Å². The number of amides is 1. The number of para-hydroxylation sites is 1. The molecule has 7 nitrogen and oxygen atoms in total. The first-order valence-corrected chi connectivity index (χ1v) is 9.35. The molecule has 1 unspecified atom stereocenters. The third-order valence-electron chi connectivity index (χ3n) is 5.31. The van der Waals surface area contributed by atoms with Crippen molar-refractivity contribution in [3.05, 3.63) is 77.8 Å². The number of H-pyrrole nitrogens is 1. The molecule has 4 aromatic rings. The van der Waals surface area contributed by atoms with Crippen LogP contribution in [0, 0.1) is 6.92 Å². The van der Waals surface area contributed by atoms with E-state index in [0.717, 1.165) is 29.0 Å². The summed E-state index contributed by atoms with van der Waals surface area (Å²) in [6.45, 7) is 2.78. The number of hydrogen-bond acceptors (Lipinski definition) is 4. The first-order valence-electron chi connectivity index (χ1n) is 9.35. The van der Waals surface area contributed by atoms with Crippen LogP contribution in [0.25, 0.3) is 10.9 Å². The fourth-order valence-corrected chi connectivity index (χ4v) is 4.08. The summed E-state index contributed by atoms with van der Waals surface area (Å²) in [6.07, 6.45) is 3.82. The summed E-state index contributed by atoms with van der Waals surface area (Å²) in [5.74, 6) is 0.00288. The molecular formula is C21H20N6O. The summed E-state index contributed by atoms with van der Waals surface area (Å²) in [4.78, 5) is 27.3. The summed E-state index contributed by atoms with van der Waals surface area (Å²) in [5, 5.41) is 5.30. The summed E-state index contributed by atoms with van der Waals surface area (Å²) < 4.78 is 1.56. The molecule has 28 heavy (non-hydrogen) atoms. The highest BCUT2D eigenvalue weighted by atomic mass is 16.2. The van der Waals surface area contributed by atoms with Crippen molar-refractivity contribution in [2.24, 2.45) is 0 Å². The standard InChI is InChI=1S/C21H20N6O/c1-14-5-4-8-18(24-14)21-20-16(15-6-2-3-7-17(15)25-20)9-10-27(21)19(28)11-26-13-22-12-23-26/h2-8,12-13,21,25H,9-11H2,1H3. The van der Waals surface area contributed by atoms with Crippen molar-refractivity contribution >= 4 is 16.8 Å². The Bertz CT molecular complexity index is 1150. The van der Waals surface area contributed by atoms with E-state index in [-0.39, 0.29) is 18.5 Å². The predicted molar refractivity (Wildman–Crippen MR) is 105 cm³/mol. The van der Waals surface area contributed by atoms with Gasteiger partial charge in [-0.2, -0.15) is 5.10 Å². The first-order chi connectivity index (χ1) is 13.7. The van der Waals surface area contributed by atoms with Gasteiger partial charge in [-0.3, -0.25) is 9.78 Å². The molecule has 1 aliphatic rings. The van der Waals surface area contributed by atoms with Gasteiger partial charge in [-0.15, -0.1) is 0 Å². The minimum Gasteiger partial charge on any atom is -0.356 e. The topological polar surface area (TPSA) is 79.7 Å². The number of benzene rings is 1. The Labute approximate surface area is 162 Å². The second-order valence-electron chi connectivity index (χ2n) is 7.10. The minimum atomic E-state index is -0.243. The lowest BCUT2D eigenvalue weighted by Crippen LogP contribution is -2.42. The second kappa shape index (κ2) is 6.60. The van der Waals surface area contributed by atoms with Gasteiger partial charge in [0.1, 0.15) is 25.2 Å². The number of rotatable bonds is 3. The van der Waals surface area contributed by atoms with E-state index in [1.807, 2.05) is 36.1 Å². The van der Waals surface area contributed by atoms with Crippen molar-refractivity contribution in [3.63, 3.8) is 0 Å². The minimum absolute atomic E-state index is 0.00288. The van der Waals surface area contributed by atoms with Crippen molar-refractivity contribution in [2.75, 3.05) is 6.54 Å². The Hall–Kier alpha value is -3.48. The molecule has 1 N–H and O–H groups in total. The molecule has 1 aromatic carbocycles. The molecule has 0 fully saturated rings. The van der Waals surface area contributed by atoms with Gasteiger partial charge in [0, 0.05) is 28.8 Å². The van der Waals surface area contributed by atoms with E-state index in [1.54, 1.807) is 11.0 Å². The number of fused-ring (bicyclic) bond motifs is 3. The van der Waals surface area contributed by atoms with Crippen LogP contribution >= 0.6 is 0 Å². The lowest BCUT2D eigenvalue weighted by atomic mass is 9.94. The molecule has 0 aliphatic carbocycles. The third kappa shape index (κ3) is 2.76. The fourth-order valence-electron chi connectivity index (χ4n) is 4.08. The zero-order valence-electron chi connectivity index (χ0n) is 15.5. The van der Waals surface area contributed by atoms with E-state index in [1.165, 1.54) is 17.3 Å². The molecule has 140 valence electrons. The zero-order chi connectivity index (χ0) is 19.1. The number of carbonyl (C=O) groups excluding carboxylic acids is 1. The van der Waals surface area contributed by atoms with Crippen LogP contribution in [0.5, 0.6) is 0 Å². The fraction of sp³-hybridized carbons (Fsp3) is 0.238. The van der Waals surface area contributed by atoms with Crippen LogP contribution in [0.4, 0.5) is 0 Å². The van der Waals surface area contributed by atoms with Crippen LogP contribution in [-0.2, 0) is 17.8 Å². The number of aromatic nitrogens is 5. The number of nitrogens with one attached hydrogen (secondary N) is 1. The molecule has 0 saturated carbocycles. The van der Waals surface area contributed by atoms with Gasteiger partial charge in [0.05, 0.1) is 5.69 Å². The van der Waals surface area contributed by atoms with Crippen molar-refractivity contribution in [1.29, 1.82) is 0 Å². The number of carbonyl (C=O) groups is 1. The molecule has 4 heterocycles. The number of aromatic amines is 1. The van der Waals surface area contributed by atoms with Crippen molar-refractivity contribution < 1.29 is 4.79 Å². The van der Waals surface area contributed by atoms with Crippen LogP contribution in [0.3, 0.4) is 0 Å². The molecule has 0 bridgehead atoms. The zero-order valence-corrected chi connectivity index (χ0v) is 15.5. The maximum Gasteiger partial charge on any atom is 0.245 e. The molecule has 1 amide bonds. The molecule has 7 heteroatoms. The van der Waals surface area contributed by atoms with Gasteiger partial charge >= 0.3 is 0 Å². The van der Waals surface area contributed by atoms with Crippen LogP contribution in [0.1, 0.15) is 28.7 Å². The predicted octanol–water partition coefficient (Wildman–Crippen LogP) is 2.64. The molecule has 1 aliphatic heterocycles. The van der Waals surface area contributed by atoms with E-state index < -0.39 is 0 Å². The van der Waals surface area contributed by atoms with Crippen LogP contribution in [0.15, 0.2) is 55.1 Å². The Kier molecular flexibility index (Phi) is 3.93. The Morgan fingerprint density at radius 1 is 1.21 bits per heavy atom. The van der Waals surface area contributed by atoms with Crippen molar-refractivity contribution in [1.82, 2.24) is 29.6 Å². The highest BCUT2D eigenvalue weighted by molar-refractivity contribution is 5.86. The smallest absolute Gasteiger partial charge is 0.245 e. The normalized spacial score (nSPS) is 16.3. The Balaban J connectivity index is 1.62. The number of nitrogens with zero attached hydrogens (tertiary/aromatic N) is 5. The van der Waals surface area contributed by atoms with Gasteiger partial charge in [-0.1, -0.05) is 24.3 Å². The molecule has 0 spiro atoms. The van der Waals surface area contributed by atoms with E-state index in [0.29, 0.717) is 6.54 Å². The lowest BCUT2D eigenvalue weighted by Gasteiger charge is -2.35. The van der Waals surface area contributed by atoms with Gasteiger partial charge in [0.2, 0.25) is 5.91 Å². The Morgan fingerprint density at radius 2 is 2.11 bits per heavy atom. The monoisotopic (exact) mass is 372 g/mol. The maximum absolute atomic E-state index is 13.2. The van der Waals surface area contributed by atoms with Crippen LogP contribution in [-0.4, -0.2) is 42.1 Å². The average molecular weight is 372 g/mol. The van der Waals surface area contributed by atoms with Gasteiger partial charge in [-0.05, 0) is 37.1 Å². The van der Waals surface area contributed by atoms with E-state index >= 15 is 0 Å². The second-order valence-corrected chi connectivity index (χ2v) is 7.10. The van der Waals surface area contributed by atoms with E-state index in [9.17, 15) is 4.79 Å². The Morgan fingerprint density at radius 3 is 2.93 bits per heavy atom. The first kappa shape index (κ1) is 16.7. The highest BCUT2D eigenvalue weighted by Gasteiger charge is 2.35. The molecule has 5 rings (SSSR count). The van der Waals surface area contributed by atoms with E-state index in [4.69, 9.17) is 4.98 Å². The number of hydrogen-bond donors (Lipinski definition) is 1. The molecule has 0 radical (unpaired) electrons. The van der Waals surface area contributed by atoms with E-state index in [2.05, 4.69) is 33.3 Å². The van der Waals surface area contributed by atoms with Gasteiger partial charge in [0.15, 0.2) is 0 Å². The summed E-state index contributed by atoms with van der Waals surface area (Å²) in [6, 6.07) is 14.0. The van der Waals surface area contributed by atoms with Gasteiger partial charge < -0.3 is 9.88 Å². The largest absolute Gasteiger partial charge is 0.356 e. The van der Waals surface area contributed by atoms with Crippen molar-refractivity contribution in [3.8, 4) is 0 Å². The highest BCUT2D eigenvalue weighted by Crippen LogP contribution is 2.37. The SMILES string of the molecule is Cc1cccc(C2c3[nH]c4ccccc4c3CCN2C(=O)Cn2cncn2)n1. The van der Waals surface area contributed by atoms with Gasteiger partial charge in [0.25, 0.3) is 0 Å². The average Bonchev–Trinajstić information content (AvgIpc) is 3.34. The maximum atomic E-state index is 13.2. The van der Waals surface area contributed by atoms with Crippen molar-refractivity contribution in [2.45, 2.75) is 25.9 Å².